The Morgan fingerprint density at radius 3 is 2.17 bits per heavy atom. The Labute approximate surface area is 75.4 Å². The van der Waals surface area contributed by atoms with Gasteiger partial charge in [0, 0.05) is 27.7 Å². The minimum atomic E-state index is 0.957. The monoisotopic (exact) mass is 169 g/mol. The summed E-state index contributed by atoms with van der Waals surface area (Å²) >= 11 is 0. The molecule has 0 fully saturated rings. The summed E-state index contributed by atoms with van der Waals surface area (Å²) in [5.41, 5.74) is 1.94. The third-order valence-electron chi connectivity index (χ3n) is 1.70. The summed E-state index contributed by atoms with van der Waals surface area (Å²) in [7, 11) is 5.82. The Bertz CT molecular complexity index is 182. The molecule has 0 aliphatic carbocycles. The SMILES string of the molecule is C=C(/C(C)=N/N(C)C)N(C)CC. The summed E-state index contributed by atoms with van der Waals surface area (Å²) in [5.74, 6) is 0. The molecule has 0 bridgehead atoms. The predicted octanol–water partition coefficient (Wildman–Crippen LogP) is 1.39. The van der Waals surface area contributed by atoms with E-state index in [1.54, 1.807) is 5.01 Å². The normalized spacial score (nSPS) is 11.2. The van der Waals surface area contributed by atoms with Crippen molar-refractivity contribution < 1.29 is 0 Å². The zero-order valence-electron chi connectivity index (χ0n) is 8.76. The van der Waals surface area contributed by atoms with Gasteiger partial charge in [0.05, 0.1) is 11.4 Å². The highest BCUT2D eigenvalue weighted by Gasteiger charge is 2.02. The first kappa shape index (κ1) is 11.0. The lowest BCUT2D eigenvalue weighted by molar-refractivity contribution is 0.427. The molecule has 0 heterocycles. The molecule has 0 saturated heterocycles. The quantitative estimate of drug-likeness (QED) is 0.468. The van der Waals surface area contributed by atoms with E-state index >= 15 is 0 Å². The molecule has 0 unspecified atom stereocenters. The van der Waals surface area contributed by atoms with E-state index < -0.39 is 0 Å². The van der Waals surface area contributed by atoms with Crippen molar-refractivity contribution in [1.82, 2.24) is 9.91 Å². The van der Waals surface area contributed by atoms with Crippen LogP contribution in [0.1, 0.15) is 13.8 Å². The Balaban J connectivity index is 4.28. The highest BCUT2D eigenvalue weighted by molar-refractivity contribution is 5.96. The van der Waals surface area contributed by atoms with Crippen molar-refractivity contribution in [3.05, 3.63) is 12.3 Å². The van der Waals surface area contributed by atoms with Gasteiger partial charge in [0.25, 0.3) is 0 Å². The molecule has 12 heavy (non-hydrogen) atoms. The lowest BCUT2D eigenvalue weighted by Gasteiger charge is -2.20. The van der Waals surface area contributed by atoms with Gasteiger partial charge in [-0.3, -0.25) is 0 Å². The second-order valence-electron chi connectivity index (χ2n) is 2.99. The molecule has 0 atom stereocenters. The summed E-state index contributed by atoms with van der Waals surface area (Å²) in [6.45, 7) is 8.96. The van der Waals surface area contributed by atoms with Crippen molar-refractivity contribution in [3.8, 4) is 0 Å². The van der Waals surface area contributed by atoms with Gasteiger partial charge in [-0.25, -0.2) is 0 Å². The lowest BCUT2D eigenvalue weighted by Crippen LogP contribution is -2.22. The van der Waals surface area contributed by atoms with Crippen molar-refractivity contribution in [2.24, 2.45) is 5.10 Å². The van der Waals surface area contributed by atoms with Gasteiger partial charge in [0.15, 0.2) is 0 Å². The van der Waals surface area contributed by atoms with Crippen LogP contribution in [0.3, 0.4) is 0 Å². The van der Waals surface area contributed by atoms with Crippen molar-refractivity contribution in [2.75, 3.05) is 27.7 Å². The van der Waals surface area contributed by atoms with E-state index in [1.165, 1.54) is 0 Å². The molecule has 0 N–H and O–H groups in total. The number of hydrogen-bond acceptors (Lipinski definition) is 3. The number of hydrazone groups is 1. The molecule has 0 aromatic rings. The Morgan fingerprint density at radius 1 is 1.33 bits per heavy atom. The average Bonchev–Trinajstić information content (AvgIpc) is 2.00. The molecule has 0 aliphatic heterocycles. The molecular weight excluding hydrogens is 150 g/mol. The van der Waals surface area contributed by atoms with Crippen LogP contribution in [-0.2, 0) is 0 Å². The first-order valence-electron chi connectivity index (χ1n) is 4.12. The smallest absolute Gasteiger partial charge is 0.0800 e. The first-order chi connectivity index (χ1) is 5.49. The van der Waals surface area contributed by atoms with Crippen molar-refractivity contribution in [3.63, 3.8) is 0 Å². The van der Waals surface area contributed by atoms with Gasteiger partial charge >= 0.3 is 0 Å². The molecule has 3 nitrogen and oxygen atoms in total. The van der Waals surface area contributed by atoms with E-state index in [9.17, 15) is 0 Å². The van der Waals surface area contributed by atoms with Gasteiger partial charge in [0.1, 0.15) is 0 Å². The second-order valence-corrected chi connectivity index (χ2v) is 2.99. The summed E-state index contributed by atoms with van der Waals surface area (Å²) in [5, 5.41) is 6.04. The van der Waals surface area contributed by atoms with Crippen molar-refractivity contribution >= 4 is 5.71 Å². The predicted molar refractivity (Wildman–Crippen MR) is 54.2 cm³/mol. The molecule has 3 heteroatoms. The summed E-state index contributed by atoms with van der Waals surface area (Å²) in [6, 6.07) is 0. The van der Waals surface area contributed by atoms with Crippen LogP contribution in [0.15, 0.2) is 17.4 Å². The van der Waals surface area contributed by atoms with Crippen molar-refractivity contribution in [1.29, 1.82) is 0 Å². The van der Waals surface area contributed by atoms with Crippen LogP contribution in [0.25, 0.3) is 0 Å². The van der Waals surface area contributed by atoms with Crippen LogP contribution in [0.5, 0.6) is 0 Å². The van der Waals surface area contributed by atoms with Gasteiger partial charge in [0.2, 0.25) is 0 Å². The molecule has 0 saturated carbocycles. The van der Waals surface area contributed by atoms with Crippen LogP contribution in [0.2, 0.25) is 0 Å². The standard InChI is InChI=1S/C9H19N3/c1-7-12(6)9(3)8(2)10-11(4)5/h3,7H2,1-2,4-6H3/b10-8+. The third-order valence-corrected chi connectivity index (χ3v) is 1.70. The Morgan fingerprint density at radius 2 is 1.83 bits per heavy atom. The van der Waals surface area contributed by atoms with E-state index in [2.05, 4.69) is 23.5 Å². The summed E-state index contributed by atoms with van der Waals surface area (Å²) in [4.78, 5) is 2.07. The van der Waals surface area contributed by atoms with Gasteiger partial charge in [-0.15, -0.1) is 0 Å². The van der Waals surface area contributed by atoms with Crippen LogP contribution in [0.4, 0.5) is 0 Å². The highest BCUT2D eigenvalue weighted by Crippen LogP contribution is 2.00. The van der Waals surface area contributed by atoms with E-state index in [4.69, 9.17) is 0 Å². The van der Waals surface area contributed by atoms with Gasteiger partial charge < -0.3 is 9.91 Å². The fourth-order valence-corrected chi connectivity index (χ4v) is 0.825. The molecule has 0 amide bonds. The number of rotatable bonds is 4. The number of hydrogen-bond donors (Lipinski definition) is 0. The highest BCUT2D eigenvalue weighted by atomic mass is 15.4. The van der Waals surface area contributed by atoms with Crippen LogP contribution < -0.4 is 0 Å². The topological polar surface area (TPSA) is 18.8 Å². The molecule has 0 spiro atoms. The van der Waals surface area contributed by atoms with Gasteiger partial charge in [-0.05, 0) is 13.8 Å². The summed E-state index contributed by atoms with van der Waals surface area (Å²) < 4.78 is 0. The minimum absolute atomic E-state index is 0.957. The Kier molecular flexibility index (Phi) is 4.40. The first-order valence-corrected chi connectivity index (χ1v) is 4.12. The maximum absolute atomic E-state index is 4.26. The molecule has 0 radical (unpaired) electrons. The fraction of sp³-hybridized carbons (Fsp3) is 0.667. The van der Waals surface area contributed by atoms with E-state index in [-0.39, 0.29) is 0 Å². The third kappa shape index (κ3) is 3.42. The van der Waals surface area contributed by atoms with Gasteiger partial charge in [-0.2, -0.15) is 5.10 Å². The molecule has 0 rings (SSSR count). The van der Waals surface area contributed by atoms with E-state index in [0.29, 0.717) is 0 Å². The average molecular weight is 169 g/mol. The second kappa shape index (κ2) is 4.80. The van der Waals surface area contributed by atoms with Crippen molar-refractivity contribution in [2.45, 2.75) is 13.8 Å². The van der Waals surface area contributed by atoms with Crippen LogP contribution >= 0.6 is 0 Å². The largest absolute Gasteiger partial charge is 0.374 e. The lowest BCUT2D eigenvalue weighted by atomic mass is 10.3. The zero-order valence-corrected chi connectivity index (χ0v) is 8.76. The number of allylic oxidation sites excluding steroid dienone is 1. The van der Waals surface area contributed by atoms with E-state index in [1.807, 2.05) is 28.1 Å². The zero-order chi connectivity index (χ0) is 9.72. The molecule has 0 aromatic heterocycles. The minimum Gasteiger partial charge on any atom is -0.374 e. The maximum atomic E-state index is 4.26. The molecule has 0 aliphatic rings. The molecule has 0 aromatic carbocycles. The molecule has 70 valence electrons. The van der Waals surface area contributed by atoms with Gasteiger partial charge in [-0.1, -0.05) is 6.58 Å². The Hall–Kier alpha value is -0.990. The number of nitrogens with zero attached hydrogens (tertiary/aromatic N) is 3. The molecular formula is C9H19N3. The summed E-state index contributed by atoms with van der Waals surface area (Å²) in [6.07, 6.45) is 0. The fourth-order valence-electron chi connectivity index (χ4n) is 0.825. The van der Waals surface area contributed by atoms with E-state index in [0.717, 1.165) is 18.0 Å². The van der Waals surface area contributed by atoms with Crippen LogP contribution in [0, 0.1) is 0 Å². The maximum Gasteiger partial charge on any atom is 0.0800 e. The van der Waals surface area contributed by atoms with Crippen LogP contribution in [-0.4, -0.2) is 43.3 Å².